The Balaban J connectivity index is 2.07. The molecule has 158 valence electrons. The number of carbonyl (C=O) groups excluding carboxylic acids is 2. The Morgan fingerprint density at radius 2 is 1.93 bits per heavy atom. The molecule has 1 amide bonds. The van der Waals surface area contributed by atoms with Crippen LogP contribution in [0.5, 0.6) is 0 Å². The third-order valence-electron chi connectivity index (χ3n) is 4.66. The number of hydrogen-bond donors (Lipinski definition) is 4. The molecule has 0 bridgehead atoms. The second-order valence-corrected chi connectivity index (χ2v) is 7.52. The molecule has 2 aromatic rings. The molecule has 0 unspecified atom stereocenters. The van der Waals surface area contributed by atoms with Crippen molar-refractivity contribution >= 4 is 28.7 Å². The number of aliphatic carboxylic acids is 1. The van der Waals surface area contributed by atoms with E-state index in [1.54, 1.807) is 0 Å². The van der Waals surface area contributed by atoms with E-state index in [9.17, 15) is 14.4 Å². The van der Waals surface area contributed by atoms with E-state index in [0.29, 0.717) is 5.92 Å². The minimum absolute atomic E-state index is 0.0105. The summed E-state index contributed by atoms with van der Waals surface area (Å²) in [4.78, 5) is 38.9. The van der Waals surface area contributed by atoms with Crippen molar-refractivity contribution in [3.63, 3.8) is 0 Å². The number of para-hydroxylation sites is 1. The van der Waals surface area contributed by atoms with Gasteiger partial charge in [-0.15, -0.1) is 0 Å². The molecule has 1 aromatic heterocycles. The Morgan fingerprint density at radius 3 is 2.62 bits per heavy atom. The minimum Gasteiger partial charge on any atom is -0.480 e. The van der Waals surface area contributed by atoms with E-state index in [1.807, 2.05) is 44.3 Å². The normalized spacial score (nSPS) is 13.2. The highest BCUT2D eigenvalue weighted by atomic mass is 16.5. The molecule has 0 saturated carbocycles. The van der Waals surface area contributed by atoms with Crippen LogP contribution in [-0.2, 0) is 25.5 Å². The second-order valence-electron chi connectivity index (χ2n) is 7.52. The Labute approximate surface area is 169 Å². The van der Waals surface area contributed by atoms with Gasteiger partial charge in [0.1, 0.15) is 12.1 Å². The molecule has 0 aliphatic carbocycles. The van der Waals surface area contributed by atoms with Crippen LogP contribution >= 0.6 is 0 Å². The fraction of sp³-hybridized carbons (Fsp3) is 0.476. The maximum absolute atomic E-state index is 12.6. The fourth-order valence-corrected chi connectivity index (χ4v) is 2.89. The zero-order valence-electron chi connectivity index (χ0n) is 16.8. The number of fused-ring (bicyclic) bond motifs is 1. The van der Waals surface area contributed by atoms with Crippen LogP contribution in [-0.4, -0.2) is 46.6 Å². The summed E-state index contributed by atoms with van der Waals surface area (Å²) in [6.45, 7) is 4.34. The molecule has 5 N–H and O–H groups in total. The average Bonchev–Trinajstić information content (AvgIpc) is 3.08. The number of amides is 1. The highest BCUT2D eigenvalue weighted by Gasteiger charge is 2.25. The van der Waals surface area contributed by atoms with Gasteiger partial charge in [0, 0.05) is 29.9 Å². The molecular formula is C21H29N3O5. The van der Waals surface area contributed by atoms with Crippen molar-refractivity contribution in [3.05, 3.63) is 36.0 Å². The first-order chi connectivity index (χ1) is 13.8. The standard InChI is InChI=1S/C21H29N3O5/c1-13(2)9-10-29-21(28)18(24-19(25)8-7-16(22)20(26)27)11-14-12-23-17-6-4-3-5-15(14)17/h3-6,12-13,16,18,23H,7-11,22H2,1-2H3,(H,24,25)(H,26,27)/t16-,18-/m1/s1. The molecular weight excluding hydrogens is 374 g/mol. The van der Waals surface area contributed by atoms with Crippen molar-refractivity contribution in [1.82, 2.24) is 10.3 Å². The number of aromatic amines is 1. The third kappa shape index (κ3) is 6.90. The quantitative estimate of drug-likeness (QED) is 0.424. The van der Waals surface area contributed by atoms with Crippen molar-refractivity contribution in [2.24, 2.45) is 11.7 Å². The van der Waals surface area contributed by atoms with Crippen LogP contribution in [0.4, 0.5) is 0 Å². The number of H-pyrrole nitrogens is 1. The molecule has 0 aliphatic heterocycles. The van der Waals surface area contributed by atoms with E-state index >= 15 is 0 Å². The van der Waals surface area contributed by atoms with Crippen molar-refractivity contribution in [3.8, 4) is 0 Å². The molecule has 2 atom stereocenters. The largest absolute Gasteiger partial charge is 0.480 e. The Kier molecular flexibility index (Phi) is 8.21. The fourth-order valence-electron chi connectivity index (χ4n) is 2.89. The smallest absolute Gasteiger partial charge is 0.328 e. The maximum Gasteiger partial charge on any atom is 0.328 e. The van der Waals surface area contributed by atoms with Crippen molar-refractivity contribution in [2.45, 2.75) is 51.6 Å². The molecule has 2 rings (SSSR count). The predicted octanol–water partition coefficient (Wildman–Crippen LogP) is 1.98. The number of nitrogens with one attached hydrogen (secondary N) is 2. The molecule has 0 spiro atoms. The first-order valence-corrected chi connectivity index (χ1v) is 9.77. The lowest BCUT2D eigenvalue weighted by Gasteiger charge is -2.18. The first-order valence-electron chi connectivity index (χ1n) is 9.77. The summed E-state index contributed by atoms with van der Waals surface area (Å²) in [6.07, 6.45) is 2.71. The Morgan fingerprint density at radius 1 is 1.21 bits per heavy atom. The van der Waals surface area contributed by atoms with Gasteiger partial charge >= 0.3 is 11.9 Å². The summed E-state index contributed by atoms with van der Waals surface area (Å²) in [5.74, 6) is -1.72. The number of aromatic nitrogens is 1. The lowest BCUT2D eigenvalue weighted by molar-refractivity contribution is -0.148. The third-order valence-corrected chi connectivity index (χ3v) is 4.66. The van der Waals surface area contributed by atoms with E-state index in [2.05, 4.69) is 10.3 Å². The number of ether oxygens (including phenoxy) is 1. The molecule has 1 heterocycles. The highest BCUT2D eigenvalue weighted by Crippen LogP contribution is 2.19. The summed E-state index contributed by atoms with van der Waals surface area (Å²) in [6, 6.07) is 5.70. The SMILES string of the molecule is CC(C)CCOC(=O)[C@@H](Cc1c[nH]c2ccccc12)NC(=O)CC[C@@H](N)C(=O)O. The summed E-state index contributed by atoms with van der Waals surface area (Å²) in [5, 5.41) is 12.5. The summed E-state index contributed by atoms with van der Waals surface area (Å²) in [7, 11) is 0. The van der Waals surface area contributed by atoms with Gasteiger partial charge in [0.2, 0.25) is 5.91 Å². The molecule has 0 aliphatic rings. The van der Waals surface area contributed by atoms with E-state index in [-0.39, 0.29) is 25.9 Å². The first kappa shape index (κ1) is 22.4. The number of carbonyl (C=O) groups is 3. The van der Waals surface area contributed by atoms with Crippen LogP contribution in [0.2, 0.25) is 0 Å². The van der Waals surface area contributed by atoms with Gasteiger partial charge in [0.25, 0.3) is 0 Å². The van der Waals surface area contributed by atoms with Crippen molar-refractivity contribution < 1.29 is 24.2 Å². The average molecular weight is 403 g/mol. The van der Waals surface area contributed by atoms with E-state index in [4.69, 9.17) is 15.6 Å². The van der Waals surface area contributed by atoms with Crippen molar-refractivity contribution in [2.75, 3.05) is 6.61 Å². The Bertz CT molecular complexity index is 846. The maximum atomic E-state index is 12.6. The zero-order valence-corrected chi connectivity index (χ0v) is 16.8. The monoisotopic (exact) mass is 403 g/mol. The van der Waals surface area contributed by atoms with Crippen LogP contribution in [0.1, 0.15) is 38.7 Å². The van der Waals surface area contributed by atoms with Crippen molar-refractivity contribution in [1.29, 1.82) is 0 Å². The number of nitrogens with two attached hydrogens (primary N) is 1. The molecule has 0 saturated heterocycles. The van der Waals surface area contributed by atoms with E-state index in [1.165, 1.54) is 0 Å². The minimum atomic E-state index is -1.17. The number of esters is 1. The van der Waals surface area contributed by atoms with Crippen LogP contribution in [0.15, 0.2) is 30.5 Å². The van der Waals surface area contributed by atoms with Crippen LogP contribution in [0.3, 0.4) is 0 Å². The van der Waals surface area contributed by atoms with Gasteiger partial charge in [-0.1, -0.05) is 32.0 Å². The number of carboxylic acid groups (broad SMARTS) is 1. The van der Waals surface area contributed by atoms with Gasteiger partial charge in [-0.3, -0.25) is 9.59 Å². The summed E-state index contributed by atoms with van der Waals surface area (Å²) >= 11 is 0. The van der Waals surface area contributed by atoms with E-state index in [0.717, 1.165) is 22.9 Å². The second kappa shape index (κ2) is 10.6. The summed E-state index contributed by atoms with van der Waals surface area (Å²) < 4.78 is 5.36. The molecule has 1 aromatic carbocycles. The van der Waals surface area contributed by atoms with Gasteiger partial charge in [0.05, 0.1) is 6.61 Å². The topological polar surface area (TPSA) is 135 Å². The van der Waals surface area contributed by atoms with Crippen LogP contribution in [0.25, 0.3) is 10.9 Å². The molecule has 0 radical (unpaired) electrons. The highest BCUT2D eigenvalue weighted by molar-refractivity contribution is 5.87. The predicted molar refractivity (Wildman–Crippen MR) is 109 cm³/mol. The van der Waals surface area contributed by atoms with Crippen LogP contribution in [0, 0.1) is 5.92 Å². The van der Waals surface area contributed by atoms with Gasteiger partial charge in [-0.25, -0.2) is 4.79 Å². The number of rotatable bonds is 11. The van der Waals surface area contributed by atoms with Gasteiger partial charge < -0.3 is 25.9 Å². The van der Waals surface area contributed by atoms with Gasteiger partial charge in [-0.05, 0) is 30.4 Å². The molecule has 8 heteroatoms. The van der Waals surface area contributed by atoms with E-state index < -0.39 is 29.9 Å². The lowest BCUT2D eigenvalue weighted by atomic mass is 10.0. The van der Waals surface area contributed by atoms with Crippen LogP contribution < -0.4 is 11.1 Å². The molecule has 29 heavy (non-hydrogen) atoms. The van der Waals surface area contributed by atoms with Gasteiger partial charge in [-0.2, -0.15) is 0 Å². The number of carboxylic acids is 1. The zero-order chi connectivity index (χ0) is 21.4. The number of benzene rings is 1. The molecule has 0 fully saturated rings. The molecule has 8 nitrogen and oxygen atoms in total. The van der Waals surface area contributed by atoms with Gasteiger partial charge in [0.15, 0.2) is 0 Å². The Hall–Kier alpha value is -2.87. The number of hydrogen-bond acceptors (Lipinski definition) is 5. The lowest BCUT2D eigenvalue weighted by Crippen LogP contribution is -2.44. The summed E-state index contributed by atoms with van der Waals surface area (Å²) in [5.41, 5.74) is 7.27.